The number of halogens is 3. The smallest absolute Gasteiger partial charge is 0.226 e. The highest BCUT2D eigenvalue weighted by Crippen LogP contribution is 2.20. The molecule has 2 aromatic rings. The van der Waals surface area contributed by atoms with Gasteiger partial charge in [0, 0.05) is 23.7 Å². The molecule has 2 aromatic carbocycles. The highest BCUT2D eigenvalue weighted by Gasteiger charge is 2.09. The molecule has 3 nitrogen and oxygen atoms in total. The Bertz CT molecular complexity index is 672. The number of anilines is 2. The van der Waals surface area contributed by atoms with Crippen molar-refractivity contribution in [2.75, 3.05) is 17.2 Å². The van der Waals surface area contributed by atoms with Gasteiger partial charge in [0.25, 0.3) is 0 Å². The summed E-state index contributed by atoms with van der Waals surface area (Å²) in [7, 11) is 0. The maximum Gasteiger partial charge on any atom is 0.226 e. The maximum atomic E-state index is 13.4. The zero-order valence-corrected chi connectivity index (χ0v) is 12.7. The van der Waals surface area contributed by atoms with Crippen LogP contribution in [0.2, 0.25) is 5.02 Å². The van der Waals surface area contributed by atoms with Crippen LogP contribution in [0, 0.1) is 18.6 Å². The molecule has 0 saturated heterocycles. The van der Waals surface area contributed by atoms with Gasteiger partial charge in [-0.15, -0.1) is 0 Å². The van der Waals surface area contributed by atoms with Gasteiger partial charge >= 0.3 is 0 Å². The molecule has 0 spiro atoms. The van der Waals surface area contributed by atoms with Crippen LogP contribution < -0.4 is 10.6 Å². The summed E-state index contributed by atoms with van der Waals surface area (Å²) in [4.78, 5) is 11.9. The Morgan fingerprint density at radius 1 is 1.18 bits per heavy atom. The number of rotatable bonds is 5. The zero-order chi connectivity index (χ0) is 16.1. The third kappa shape index (κ3) is 4.18. The first-order valence-corrected chi connectivity index (χ1v) is 7.09. The van der Waals surface area contributed by atoms with Crippen LogP contribution in [0.15, 0.2) is 36.4 Å². The third-order valence-corrected chi connectivity index (χ3v) is 3.33. The van der Waals surface area contributed by atoms with E-state index in [9.17, 15) is 13.6 Å². The number of carbonyl (C=O) groups excluding carboxylic acids is 1. The van der Waals surface area contributed by atoms with Gasteiger partial charge in [0.05, 0.1) is 0 Å². The zero-order valence-electron chi connectivity index (χ0n) is 11.9. The van der Waals surface area contributed by atoms with E-state index in [-0.39, 0.29) is 24.6 Å². The number of amides is 1. The number of benzene rings is 2. The summed E-state index contributed by atoms with van der Waals surface area (Å²) in [6.45, 7) is 1.96. The molecule has 0 fully saturated rings. The van der Waals surface area contributed by atoms with Gasteiger partial charge in [-0.2, -0.15) is 0 Å². The first kappa shape index (κ1) is 16.2. The van der Waals surface area contributed by atoms with E-state index in [2.05, 4.69) is 10.6 Å². The number of para-hydroxylation sites is 1. The van der Waals surface area contributed by atoms with E-state index in [0.717, 1.165) is 17.7 Å². The van der Waals surface area contributed by atoms with E-state index < -0.39 is 11.6 Å². The Balaban J connectivity index is 1.89. The van der Waals surface area contributed by atoms with Crippen molar-refractivity contribution >= 4 is 28.9 Å². The summed E-state index contributed by atoms with van der Waals surface area (Å²) in [6, 6.07) is 8.77. The molecule has 0 unspecified atom stereocenters. The molecule has 0 heterocycles. The minimum absolute atomic E-state index is 0.0692. The topological polar surface area (TPSA) is 41.1 Å². The van der Waals surface area contributed by atoms with Crippen LogP contribution in [0.5, 0.6) is 0 Å². The van der Waals surface area contributed by atoms with Crippen molar-refractivity contribution in [3.05, 3.63) is 58.6 Å². The van der Waals surface area contributed by atoms with Crippen LogP contribution in [-0.2, 0) is 4.79 Å². The van der Waals surface area contributed by atoms with Crippen LogP contribution in [0.25, 0.3) is 0 Å². The molecule has 2 rings (SSSR count). The molecule has 0 saturated carbocycles. The Labute approximate surface area is 132 Å². The molecule has 0 radical (unpaired) electrons. The first-order chi connectivity index (χ1) is 10.5. The molecular formula is C16H15ClF2N2O. The lowest BCUT2D eigenvalue weighted by Crippen LogP contribution is -2.17. The lowest BCUT2D eigenvalue weighted by molar-refractivity contribution is -0.115. The van der Waals surface area contributed by atoms with Gasteiger partial charge in [-0.05, 0) is 36.8 Å². The lowest BCUT2D eigenvalue weighted by atomic mass is 10.2. The van der Waals surface area contributed by atoms with Crippen molar-refractivity contribution in [3.8, 4) is 0 Å². The Morgan fingerprint density at radius 3 is 2.55 bits per heavy atom. The van der Waals surface area contributed by atoms with Crippen molar-refractivity contribution in [1.29, 1.82) is 0 Å². The molecule has 0 aromatic heterocycles. The summed E-state index contributed by atoms with van der Waals surface area (Å²) in [5.41, 5.74) is 1.27. The molecule has 0 aliphatic carbocycles. The van der Waals surface area contributed by atoms with Gasteiger partial charge in [0.15, 0.2) is 0 Å². The largest absolute Gasteiger partial charge is 0.380 e. The summed E-state index contributed by atoms with van der Waals surface area (Å²) >= 11 is 5.87. The van der Waals surface area contributed by atoms with Crippen molar-refractivity contribution in [3.63, 3.8) is 0 Å². The predicted octanol–water partition coefficient (Wildman–Crippen LogP) is 4.37. The molecule has 22 heavy (non-hydrogen) atoms. The Hall–Kier alpha value is -2.14. The molecule has 0 atom stereocenters. The lowest BCUT2D eigenvalue weighted by Gasteiger charge is -2.10. The first-order valence-electron chi connectivity index (χ1n) is 6.71. The van der Waals surface area contributed by atoms with Crippen LogP contribution in [0.3, 0.4) is 0 Å². The molecule has 0 bridgehead atoms. The molecule has 116 valence electrons. The van der Waals surface area contributed by atoms with Gasteiger partial charge in [0.2, 0.25) is 5.91 Å². The van der Waals surface area contributed by atoms with E-state index in [1.54, 1.807) is 18.2 Å². The van der Waals surface area contributed by atoms with Gasteiger partial charge in [-0.3, -0.25) is 4.79 Å². The van der Waals surface area contributed by atoms with E-state index in [1.807, 2.05) is 6.92 Å². The van der Waals surface area contributed by atoms with E-state index >= 15 is 0 Å². The average molecular weight is 325 g/mol. The van der Waals surface area contributed by atoms with Gasteiger partial charge in [-0.1, -0.05) is 23.7 Å². The average Bonchev–Trinajstić information content (AvgIpc) is 2.46. The minimum atomic E-state index is -0.689. The number of carbonyl (C=O) groups is 1. The monoisotopic (exact) mass is 324 g/mol. The minimum Gasteiger partial charge on any atom is -0.380 e. The Morgan fingerprint density at radius 2 is 1.86 bits per heavy atom. The van der Waals surface area contributed by atoms with Gasteiger partial charge < -0.3 is 10.6 Å². The second kappa shape index (κ2) is 7.22. The Kier molecular flexibility index (Phi) is 5.33. The van der Waals surface area contributed by atoms with E-state index in [1.165, 1.54) is 6.07 Å². The molecule has 1 amide bonds. The van der Waals surface area contributed by atoms with E-state index in [0.29, 0.717) is 10.7 Å². The molecule has 0 aliphatic rings. The van der Waals surface area contributed by atoms with Crippen LogP contribution >= 0.6 is 11.6 Å². The fraction of sp³-hybridized carbons (Fsp3) is 0.188. The molecule has 6 heteroatoms. The second-order valence-electron chi connectivity index (χ2n) is 4.78. The fourth-order valence-corrected chi connectivity index (χ4v) is 2.08. The highest BCUT2D eigenvalue weighted by atomic mass is 35.5. The number of aryl methyl sites for hydroxylation is 1. The van der Waals surface area contributed by atoms with Crippen LogP contribution in [0.4, 0.5) is 20.2 Å². The number of hydrogen-bond donors (Lipinski definition) is 2. The van der Waals surface area contributed by atoms with Crippen LogP contribution in [0.1, 0.15) is 12.0 Å². The summed E-state index contributed by atoms with van der Waals surface area (Å²) in [6.07, 6.45) is 0.0692. The van der Waals surface area contributed by atoms with Gasteiger partial charge in [0.1, 0.15) is 17.3 Å². The predicted molar refractivity (Wildman–Crippen MR) is 84.3 cm³/mol. The normalized spacial score (nSPS) is 10.4. The fourth-order valence-electron chi connectivity index (χ4n) is 1.91. The third-order valence-electron chi connectivity index (χ3n) is 3.09. The number of hydrogen-bond acceptors (Lipinski definition) is 2. The quantitative estimate of drug-likeness (QED) is 0.857. The molecule has 0 aliphatic heterocycles. The van der Waals surface area contributed by atoms with Crippen molar-refractivity contribution < 1.29 is 13.6 Å². The van der Waals surface area contributed by atoms with Crippen molar-refractivity contribution in [2.24, 2.45) is 0 Å². The standard InChI is InChI=1S/C16H15ClF2N2O/c1-10-5-6-11(17)9-14(10)21-15(22)7-8-20-16-12(18)3-2-4-13(16)19/h2-6,9,20H,7-8H2,1H3,(H,21,22). The molecule has 2 N–H and O–H groups in total. The van der Waals surface area contributed by atoms with Crippen molar-refractivity contribution in [1.82, 2.24) is 0 Å². The summed E-state index contributed by atoms with van der Waals surface area (Å²) in [5.74, 6) is -1.65. The van der Waals surface area contributed by atoms with Crippen molar-refractivity contribution in [2.45, 2.75) is 13.3 Å². The highest BCUT2D eigenvalue weighted by molar-refractivity contribution is 6.31. The summed E-state index contributed by atoms with van der Waals surface area (Å²) in [5, 5.41) is 5.82. The maximum absolute atomic E-state index is 13.4. The SMILES string of the molecule is Cc1ccc(Cl)cc1NC(=O)CCNc1c(F)cccc1F. The van der Waals surface area contributed by atoms with Gasteiger partial charge in [-0.25, -0.2) is 8.78 Å². The number of nitrogens with one attached hydrogen (secondary N) is 2. The van der Waals surface area contributed by atoms with E-state index in [4.69, 9.17) is 11.6 Å². The molecular weight excluding hydrogens is 310 g/mol. The van der Waals surface area contributed by atoms with Crippen LogP contribution in [-0.4, -0.2) is 12.5 Å². The second-order valence-corrected chi connectivity index (χ2v) is 5.22. The summed E-state index contributed by atoms with van der Waals surface area (Å²) < 4.78 is 26.8.